The molecule has 0 radical (unpaired) electrons. The van der Waals surface area contributed by atoms with Crippen LogP contribution < -0.4 is 19.5 Å². The average Bonchev–Trinajstić information content (AvgIpc) is 2.55. The lowest BCUT2D eigenvalue weighted by Crippen LogP contribution is -2.25. The Kier molecular flexibility index (Phi) is 7.14. The van der Waals surface area contributed by atoms with Crippen LogP contribution in [0.5, 0.6) is 17.2 Å². The fourth-order valence-electron chi connectivity index (χ4n) is 1.85. The molecule has 0 spiro atoms. The van der Waals surface area contributed by atoms with Gasteiger partial charge in [0, 0.05) is 6.54 Å². The Bertz CT molecular complexity index is 604. The summed E-state index contributed by atoms with van der Waals surface area (Å²) in [5, 5.41) is 20.9. The molecule has 10 nitrogen and oxygen atoms in total. The summed E-state index contributed by atoms with van der Waals surface area (Å²) in [6.45, 7) is -0.337. The zero-order valence-corrected chi connectivity index (χ0v) is 13.4. The summed E-state index contributed by atoms with van der Waals surface area (Å²) >= 11 is 0. The number of benzene rings is 1. The number of aliphatic carboxylic acids is 1. The Labute approximate surface area is 137 Å². The normalized spacial score (nSPS) is 10.7. The smallest absolute Gasteiger partial charge is 0.351 e. The maximum atomic E-state index is 11.3. The van der Waals surface area contributed by atoms with Crippen LogP contribution >= 0.6 is 0 Å². The standard InChI is InChI=1S/C14H18N2O8/c1-21-11-7-9(8-12(22-2)13(11)23-3)6-10(14(17)18)15-4-5-24-16(19)20/h6-8,15H,4-5H2,1-3H3,(H,17,18). The second-order valence-electron chi connectivity index (χ2n) is 4.31. The van der Waals surface area contributed by atoms with E-state index in [-0.39, 0.29) is 18.8 Å². The van der Waals surface area contributed by atoms with Gasteiger partial charge in [0.05, 0.1) is 21.3 Å². The Morgan fingerprint density at radius 2 is 1.83 bits per heavy atom. The lowest BCUT2D eigenvalue weighted by atomic mass is 10.1. The highest BCUT2D eigenvalue weighted by Crippen LogP contribution is 2.38. The number of methoxy groups -OCH3 is 3. The van der Waals surface area contributed by atoms with Gasteiger partial charge < -0.3 is 29.5 Å². The van der Waals surface area contributed by atoms with E-state index in [0.29, 0.717) is 22.8 Å². The van der Waals surface area contributed by atoms with Crippen LogP contribution in [-0.2, 0) is 9.63 Å². The molecule has 0 atom stereocenters. The first-order chi connectivity index (χ1) is 11.4. The van der Waals surface area contributed by atoms with E-state index >= 15 is 0 Å². The first kappa shape index (κ1) is 18.9. The summed E-state index contributed by atoms with van der Waals surface area (Å²) in [7, 11) is 4.33. The predicted molar refractivity (Wildman–Crippen MR) is 82.7 cm³/mol. The molecule has 0 saturated carbocycles. The molecule has 1 aromatic rings. The van der Waals surface area contributed by atoms with Crippen molar-refractivity contribution in [1.29, 1.82) is 0 Å². The van der Waals surface area contributed by atoms with E-state index < -0.39 is 11.1 Å². The molecule has 0 amide bonds. The van der Waals surface area contributed by atoms with Crippen molar-refractivity contribution in [3.8, 4) is 17.2 Å². The van der Waals surface area contributed by atoms with E-state index in [9.17, 15) is 20.0 Å². The second-order valence-corrected chi connectivity index (χ2v) is 4.31. The molecular formula is C14H18N2O8. The highest BCUT2D eigenvalue weighted by Gasteiger charge is 2.14. The van der Waals surface area contributed by atoms with Crippen molar-refractivity contribution in [1.82, 2.24) is 5.32 Å². The molecule has 1 rings (SSSR count). The van der Waals surface area contributed by atoms with Gasteiger partial charge in [-0.3, -0.25) is 0 Å². The van der Waals surface area contributed by atoms with E-state index in [1.165, 1.54) is 27.4 Å². The van der Waals surface area contributed by atoms with Gasteiger partial charge >= 0.3 is 5.97 Å². The molecule has 0 bridgehead atoms. The summed E-state index contributed by atoms with van der Waals surface area (Å²) in [5.74, 6) is -0.125. The van der Waals surface area contributed by atoms with Crippen molar-refractivity contribution in [3.63, 3.8) is 0 Å². The third-order valence-electron chi connectivity index (χ3n) is 2.84. The van der Waals surface area contributed by atoms with Gasteiger partial charge in [0.2, 0.25) is 5.75 Å². The zero-order chi connectivity index (χ0) is 18.1. The fraction of sp³-hybridized carbons (Fsp3) is 0.357. The molecular weight excluding hydrogens is 324 g/mol. The van der Waals surface area contributed by atoms with E-state index in [4.69, 9.17) is 14.2 Å². The van der Waals surface area contributed by atoms with Gasteiger partial charge in [-0.1, -0.05) is 0 Å². The molecule has 0 unspecified atom stereocenters. The highest BCUT2D eigenvalue weighted by molar-refractivity contribution is 5.91. The van der Waals surface area contributed by atoms with Crippen LogP contribution in [0.25, 0.3) is 6.08 Å². The lowest BCUT2D eigenvalue weighted by Gasteiger charge is -2.13. The SMILES string of the molecule is COc1cc(C=C(NCCO[N+](=O)[O-])C(=O)O)cc(OC)c1OC. The number of nitrogens with zero attached hydrogens (tertiary/aromatic N) is 1. The Hall–Kier alpha value is -3.17. The molecule has 0 aromatic heterocycles. The van der Waals surface area contributed by atoms with Gasteiger partial charge in [-0.15, -0.1) is 10.1 Å². The Morgan fingerprint density at radius 3 is 2.25 bits per heavy atom. The maximum Gasteiger partial charge on any atom is 0.351 e. The number of carboxylic acid groups (broad SMARTS) is 1. The summed E-state index contributed by atoms with van der Waals surface area (Å²) in [4.78, 5) is 25.4. The minimum atomic E-state index is -1.23. The minimum absolute atomic E-state index is 0.0520. The van der Waals surface area contributed by atoms with E-state index in [2.05, 4.69) is 10.2 Å². The van der Waals surface area contributed by atoms with Gasteiger partial charge in [-0.25, -0.2) is 4.79 Å². The first-order valence-corrected chi connectivity index (χ1v) is 6.69. The van der Waals surface area contributed by atoms with Crippen LogP contribution in [0, 0.1) is 10.1 Å². The minimum Gasteiger partial charge on any atom is -0.493 e. The van der Waals surface area contributed by atoms with Crippen LogP contribution in [0.15, 0.2) is 17.8 Å². The van der Waals surface area contributed by atoms with Crippen LogP contribution in [0.3, 0.4) is 0 Å². The molecule has 0 aliphatic rings. The van der Waals surface area contributed by atoms with Crippen molar-refractivity contribution < 1.29 is 34.0 Å². The number of rotatable bonds is 10. The van der Waals surface area contributed by atoms with Crippen molar-refractivity contribution in [2.24, 2.45) is 0 Å². The Morgan fingerprint density at radius 1 is 1.25 bits per heavy atom. The molecule has 0 fully saturated rings. The summed E-state index contributed by atoms with van der Waals surface area (Å²) in [6.07, 6.45) is 1.33. The van der Waals surface area contributed by atoms with Gasteiger partial charge in [0.15, 0.2) is 11.5 Å². The zero-order valence-electron chi connectivity index (χ0n) is 13.4. The van der Waals surface area contributed by atoms with Gasteiger partial charge in [0.1, 0.15) is 12.3 Å². The van der Waals surface area contributed by atoms with Crippen molar-refractivity contribution >= 4 is 12.0 Å². The van der Waals surface area contributed by atoms with Gasteiger partial charge in [-0.05, 0) is 23.8 Å². The topological polar surface area (TPSA) is 129 Å². The summed E-state index contributed by atoms with van der Waals surface area (Å²) in [5.41, 5.74) is 0.306. The highest BCUT2D eigenvalue weighted by atomic mass is 16.9. The number of ether oxygens (including phenoxy) is 3. The summed E-state index contributed by atoms with van der Waals surface area (Å²) < 4.78 is 15.6. The number of hydrogen-bond donors (Lipinski definition) is 2. The molecule has 0 aliphatic heterocycles. The number of hydrogen-bond acceptors (Lipinski definition) is 8. The second kappa shape index (κ2) is 9.08. The lowest BCUT2D eigenvalue weighted by molar-refractivity contribution is -0.757. The predicted octanol–water partition coefficient (Wildman–Crippen LogP) is 0.936. The monoisotopic (exact) mass is 342 g/mol. The molecule has 0 aliphatic carbocycles. The Balaban J connectivity index is 3.04. The van der Waals surface area contributed by atoms with E-state index in [0.717, 1.165) is 0 Å². The molecule has 0 saturated heterocycles. The molecule has 10 heteroatoms. The molecule has 0 heterocycles. The average molecular weight is 342 g/mol. The third kappa shape index (κ3) is 5.23. The quantitative estimate of drug-likeness (QED) is 0.276. The maximum absolute atomic E-state index is 11.3. The van der Waals surface area contributed by atoms with E-state index in [1.807, 2.05) is 0 Å². The molecule has 132 valence electrons. The number of carbonyl (C=O) groups is 1. The van der Waals surface area contributed by atoms with Crippen LogP contribution in [-0.4, -0.2) is 50.6 Å². The fourth-order valence-corrected chi connectivity index (χ4v) is 1.85. The molecule has 1 aromatic carbocycles. The van der Waals surface area contributed by atoms with Crippen LogP contribution in [0.2, 0.25) is 0 Å². The van der Waals surface area contributed by atoms with Gasteiger partial charge in [0.25, 0.3) is 5.09 Å². The van der Waals surface area contributed by atoms with Crippen LogP contribution in [0.1, 0.15) is 5.56 Å². The molecule has 24 heavy (non-hydrogen) atoms. The number of carboxylic acids is 1. The van der Waals surface area contributed by atoms with E-state index in [1.54, 1.807) is 12.1 Å². The third-order valence-corrected chi connectivity index (χ3v) is 2.84. The van der Waals surface area contributed by atoms with Gasteiger partial charge in [-0.2, -0.15) is 0 Å². The van der Waals surface area contributed by atoms with Crippen LogP contribution in [0.4, 0.5) is 0 Å². The number of nitrogens with one attached hydrogen (secondary N) is 1. The van der Waals surface area contributed by atoms with Crippen molar-refractivity contribution in [2.75, 3.05) is 34.5 Å². The van der Waals surface area contributed by atoms with Crippen molar-refractivity contribution in [3.05, 3.63) is 33.5 Å². The molecule has 2 N–H and O–H groups in total. The largest absolute Gasteiger partial charge is 0.493 e. The summed E-state index contributed by atoms with van der Waals surface area (Å²) in [6, 6.07) is 3.14. The first-order valence-electron chi connectivity index (χ1n) is 6.69. The van der Waals surface area contributed by atoms with Crippen molar-refractivity contribution in [2.45, 2.75) is 0 Å².